The fraction of sp³-hybridized carbons (Fsp3) is 0.714. The first kappa shape index (κ1) is 13.7. The van der Waals surface area contributed by atoms with Gasteiger partial charge in [0.2, 0.25) is 0 Å². The van der Waals surface area contributed by atoms with Crippen molar-refractivity contribution in [2.45, 2.75) is 64.7 Å². The molecule has 0 aromatic heterocycles. The Balaban J connectivity index is 2.85. The molecule has 0 aliphatic carbocycles. The van der Waals surface area contributed by atoms with Crippen LogP contribution in [0, 0.1) is 13.3 Å². The zero-order valence-corrected chi connectivity index (χ0v) is 9.80. The highest BCUT2D eigenvalue weighted by Gasteiger charge is 1.90. The zero-order valence-electron chi connectivity index (χ0n) is 9.80. The van der Waals surface area contributed by atoms with Crippen LogP contribution in [-0.2, 0) is 0 Å². The van der Waals surface area contributed by atoms with E-state index in [-0.39, 0.29) is 0 Å². The normalized spacial score (nSPS) is 11.3. The van der Waals surface area contributed by atoms with Crippen LogP contribution in [0.3, 0.4) is 0 Å². The van der Waals surface area contributed by atoms with Gasteiger partial charge in [0.05, 0.1) is 0 Å². The van der Waals surface area contributed by atoms with Gasteiger partial charge < -0.3 is 0 Å². The van der Waals surface area contributed by atoms with E-state index in [0.29, 0.717) is 0 Å². The van der Waals surface area contributed by atoms with E-state index in [4.69, 9.17) is 0 Å². The second kappa shape index (κ2) is 12.7. The Kier molecular flexibility index (Phi) is 12.5. The quantitative estimate of drug-likeness (QED) is 0.335. The van der Waals surface area contributed by atoms with E-state index < -0.39 is 0 Å². The van der Waals surface area contributed by atoms with Gasteiger partial charge in [0.25, 0.3) is 0 Å². The van der Waals surface area contributed by atoms with E-state index in [1.54, 1.807) is 0 Å². The summed E-state index contributed by atoms with van der Waals surface area (Å²) >= 11 is 0. The zero-order chi connectivity index (χ0) is 10.5. The topological polar surface area (TPSA) is 0 Å². The third kappa shape index (κ3) is 11.7. The van der Waals surface area contributed by atoms with Crippen LogP contribution in [0.2, 0.25) is 0 Å². The molecule has 0 amide bonds. The van der Waals surface area contributed by atoms with Gasteiger partial charge in [0.1, 0.15) is 0 Å². The summed E-state index contributed by atoms with van der Waals surface area (Å²) in [6.07, 6.45) is 18.6. The Morgan fingerprint density at radius 2 is 1.57 bits per heavy atom. The molecule has 0 aliphatic rings. The molecule has 82 valence electrons. The first-order valence-corrected chi connectivity index (χ1v) is 6.14. The maximum Gasteiger partial charge on any atom is -0.0320 e. The van der Waals surface area contributed by atoms with Crippen LogP contribution >= 0.6 is 0 Å². The minimum atomic E-state index is 1.11. The Bertz CT molecular complexity index is 113. The molecule has 0 rings (SSSR count). The smallest absolute Gasteiger partial charge is 0.0320 e. The van der Waals surface area contributed by atoms with Crippen LogP contribution in [0.15, 0.2) is 12.2 Å². The molecule has 0 bridgehead atoms. The molecule has 0 heteroatoms. The highest BCUT2D eigenvalue weighted by Crippen LogP contribution is 2.09. The van der Waals surface area contributed by atoms with Crippen LogP contribution < -0.4 is 0 Å². The largest absolute Gasteiger partial charge is 0.0917 e. The number of unbranched alkanes of at least 4 members (excludes halogenated alkanes) is 9. The average Bonchev–Trinajstić information content (AvgIpc) is 2.21. The summed E-state index contributed by atoms with van der Waals surface area (Å²) in [6, 6.07) is 0. The minimum Gasteiger partial charge on any atom is -0.0917 e. The summed E-state index contributed by atoms with van der Waals surface area (Å²) in [5, 5.41) is 0. The molecule has 0 N–H and O–H groups in total. The lowest BCUT2D eigenvalue weighted by atomic mass is 10.1. The fourth-order valence-electron chi connectivity index (χ4n) is 1.52. The van der Waals surface area contributed by atoms with Crippen LogP contribution in [0.4, 0.5) is 0 Å². The monoisotopic (exact) mass is 194 g/mol. The van der Waals surface area contributed by atoms with Crippen molar-refractivity contribution < 1.29 is 0 Å². The molecule has 2 radical (unpaired) electrons. The van der Waals surface area contributed by atoms with Crippen LogP contribution in [0.5, 0.6) is 0 Å². The van der Waals surface area contributed by atoms with Crippen LogP contribution in [0.25, 0.3) is 0 Å². The molecule has 0 aromatic carbocycles. The molecule has 0 aliphatic heterocycles. The van der Waals surface area contributed by atoms with Gasteiger partial charge >= 0.3 is 0 Å². The maximum atomic E-state index is 3.85. The van der Waals surface area contributed by atoms with E-state index in [2.05, 4.69) is 32.4 Å². The minimum absolute atomic E-state index is 1.11. The molecule has 0 aromatic rings. The first-order valence-electron chi connectivity index (χ1n) is 6.14. The summed E-state index contributed by atoms with van der Waals surface area (Å²) in [4.78, 5) is 0. The second-order valence-corrected chi connectivity index (χ2v) is 3.86. The van der Waals surface area contributed by atoms with Gasteiger partial charge in [-0.05, 0) is 26.2 Å². The molecule has 0 fully saturated rings. The molecule has 0 nitrogen and oxygen atoms in total. The van der Waals surface area contributed by atoms with Crippen molar-refractivity contribution in [3.63, 3.8) is 0 Å². The van der Waals surface area contributed by atoms with Gasteiger partial charge in [0.15, 0.2) is 0 Å². The average molecular weight is 194 g/mol. The van der Waals surface area contributed by atoms with Crippen molar-refractivity contribution in [1.29, 1.82) is 0 Å². The standard InChI is InChI=1S/C14H26/c1-3-5-7-9-11-13-14-12-10-8-6-4-2/h4,6,10H,1,3,5,7-9,11-14H2,2H3. The molecule has 0 spiro atoms. The van der Waals surface area contributed by atoms with Crippen molar-refractivity contribution >= 4 is 0 Å². The van der Waals surface area contributed by atoms with Crippen molar-refractivity contribution in [2.24, 2.45) is 0 Å². The van der Waals surface area contributed by atoms with Crippen LogP contribution in [-0.4, -0.2) is 0 Å². The van der Waals surface area contributed by atoms with E-state index >= 15 is 0 Å². The molecule has 14 heavy (non-hydrogen) atoms. The molecule has 0 saturated carbocycles. The Morgan fingerprint density at radius 3 is 2.21 bits per heavy atom. The van der Waals surface area contributed by atoms with Gasteiger partial charge in [-0.25, -0.2) is 0 Å². The first-order chi connectivity index (χ1) is 6.91. The predicted molar refractivity (Wildman–Crippen MR) is 66.0 cm³/mol. The number of hydrogen-bond acceptors (Lipinski definition) is 0. The van der Waals surface area contributed by atoms with E-state index in [1.165, 1.54) is 44.9 Å². The third-order valence-electron chi connectivity index (χ3n) is 2.45. The molecule has 0 saturated heterocycles. The predicted octanol–water partition coefficient (Wildman–Crippen LogP) is 5.11. The lowest BCUT2D eigenvalue weighted by molar-refractivity contribution is 0.593. The summed E-state index contributed by atoms with van der Waals surface area (Å²) in [6.45, 7) is 5.93. The fourth-order valence-corrected chi connectivity index (χ4v) is 1.52. The van der Waals surface area contributed by atoms with Gasteiger partial charge in [-0.1, -0.05) is 64.0 Å². The molecular formula is C14H26. The van der Waals surface area contributed by atoms with Crippen molar-refractivity contribution in [3.05, 3.63) is 25.5 Å². The van der Waals surface area contributed by atoms with Gasteiger partial charge in [-0.3, -0.25) is 0 Å². The lowest BCUT2D eigenvalue weighted by Gasteiger charge is -2.00. The molecule has 0 unspecified atom stereocenters. The second-order valence-electron chi connectivity index (χ2n) is 3.86. The Hall–Kier alpha value is -0.260. The number of hydrogen-bond donors (Lipinski definition) is 0. The van der Waals surface area contributed by atoms with E-state index in [9.17, 15) is 0 Å². The molecule has 0 atom stereocenters. The highest BCUT2D eigenvalue weighted by atomic mass is 14.0. The Labute approximate surface area is 90.8 Å². The summed E-state index contributed by atoms with van der Waals surface area (Å²) in [5.41, 5.74) is 0. The number of allylic oxidation sites excluding steroid dienone is 2. The summed E-state index contributed by atoms with van der Waals surface area (Å²) < 4.78 is 0. The third-order valence-corrected chi connectivity index (χ3v) is 2.45. The van der Waals surface area contributed by atoms with Crippen LogP contribution in [0.1, 0.15) is 64.7 Å². The molecular weight excluding hydrogens is 168 g/mol. The Morgan fingerprint density at radius 1 is 0.929 bits per heavy atom. The van der Waals surface area contributed by atoms with Gasteiger partial charge in [-0.15, -0.1) is 0 Å². The van der Waals surface area contributed by atoms with E-state index in [1.807, 2.05) is 0 Å². The molecule has 0 heterocycles. The van der Waals surface area contributed by atoms with Crippen molar-refractivity contribution in [3.8, 4) is 0 Å². The SMILES string of the molecule is [CH2]CCCCCCCC[CH]CC=CC. The van der Waals surface area contributed by atoms with Crippen molar-refractivity contribution in [2.75, 3.05) is 0 Å². The van der Waals surface area contributed by atoms with Crippen molar-refractivity contribution in [1.82, 2.24) is 0 Å². The lowest BCUT2D eigenvalue weighted by Crippen LogP contribution is -1.81. The summed E-state index contributed by atoms with van der Waals surface area (Å²) in [7, 11) is 0. The number of rotatable bonds is 10. The van der Waals surface area contributed by atoms with E-state index in [0.717, 1.165) is 12.8 Å². The van der Waals surface area contributed by atoms with Gasteiger partial charge in [-0.2, -0.15) is 0 Å². The highest BCUT2D eigenvalue weighted by molar-refractivity contribution is 4.83. The summed E-state index contributed by atoms with van der Waals surface area (Å²) in [5.74, 6) is 0. The maximum absolute atomic E-state index is 3.85. The van der Waals surface area contributed by atoms with Gasteiger partial charge in [0, 0.05) is 0 Å².